The molecular formula is C14H27NO. The van der Waals surface area contributed by atoms with Gasteiger partial charge >= 0.3 is 0 Å². The minimum absolute atomic E-state index is 0.0965. The van der Waals surface area contributed by atoms with Gasteiger partial charge in [0.25, 0.3) is 0 Å². The first-order valence-corrected chi connectivity index (χ1v) is 6.83. The monoisotopic (exact) mass is 225 g/mol. The lowest BCUT2D eigenvalue weighted by atomic mass is 9.73. The second-order valence-electron chi connectivity index (χ2n) is 6.93. The van der Waals surface area contributed by atoms with Crippen LogP contribution in [0.1, 0.15) is 53.4 Å². The molecule has 2 nitrogen and oxygen atoms in total. The lowest BCUT2D eigenvalue weighted by molar-refractivity contribution is -0.0207. The fourth-order valence-electron chi connectivity index (χ4n) is 3.67. The summed E-state index contributed by atoms with van der Waals surface area (Å²) in [5.41, 5.74) is 0.412. The maximum absolute atomic E-state index is 10.2. The molecule has 2 fully saturated rings. The van der Waals surface area contributed by atoms with E-state index in [0.717, 1.165) is 18.8 Å². The standard InChI is InChI=1S/C14H27NO/c1-10-7-11(2)15(9-10)12-8-14(3,4)6-5-13(12)16/h10-13,16H,5-9H2,1-4H3. The summed E-state index contributed by atoms with van der Waals surface area (Å²) in [6.07, 6.45) is 4.51. The average Bonchev–Trinajstić information content (AvgIpc) is 2.50. The van der Waals surface area contributed by atoms with Crippen LogP contribution in [0.15, 0.2) is 0 Å². The third kappa shape index (κ3) is 2.43. The molecule has 1 aliphatic carbocycles. The van der Waals surface area contributed by atoms with Crippen LogP contribution in [0, 0.1) is 11.3 Å². The molecule has 0 aromatic carbocycles. The van der Waals surface area contributed by atoms with Gasteiger partial charge in [-0.2, -0.15) is 0 Å². The van der Waals surface area contributed by atoms with E-state index in [4.69, 9.17) is 0 Å². The molecule has 0 radical (unpaired) electrons. The zero-order valence-electron chi connectivity index (χ0n) is 11.2. The Kier molecular flexibility index (Phi) is 3.33. The van der Waals surface area contributed by atoms with Crippen LogP contribution in [0.3, 0.4) is 0 Å². The number of nitrogens with zero attached hydrogens (tertiary/aromatic N) is 1. The van der Waals surface area contributed by atoms with E-state index in [1.807, 2.05) is 0 Å². The Balaban J connectivity index is 2.07. The van der Waals surface area contributed by atoms with Gasteiger partial charge in [-0.1, -0.05) is 20.8 Å². The maximum atomic E-state index is 10.2. The van der Waals surface area contributed by atoms with Crippen molar-refractivity contribution in [1.29, 1.82) is 0 Å². The Morgan fingerprint density at radius 2 is 1.94 bits per heavy atom. The van der Waals surface area contributed by atoms with Crippen LogP contribution in [0.2, 0.25) is 0 Å². The van der Waals surface area contributed by atoms with Gasteiger partial charge in [0.05, 0.1) is 6.10 Å². The topological polar surface area (TPSA) is 23.5 Å². The molecule has 1 N–H and O–H groups in total. The first kappa shape index (κ1) is 12.4. The van der Waals surface area contributed by atoms with E-state index in [0.29, 0.717) is 17.5 Å². The quantitative estimate of drug-likeness (QED) is 0.741. The smallest absolute Gasteiger partial charge is 0.0695 e. The van der Waals surface area contributed by atoms with Crippen molar-refractivity contribution in [2.24, 2.45) is 11.3 Å². The predicted octanol–water partition coefficient (Wildman–Crippen LogP) is 2.66. The van der Waals surface area contributed by atoms with E-state index in [-0.39, 0.29) is 6.10 Å². The van der Waals surface area contributed by atoms with Gasteiger partial charge in [0.1, 0.15) is 0 Å². The molecule has 1 heterocycles. The summed E-state index contributed by atoms with van der Waals surface area (Å²) in [6, 6.07) is 1.06. The van der Waals surface area contributed by atoms with E-state index < -0.39 is 0 Å². The highest BCUT2D eigenvalue weighted by molar-refractivity contribution is 4.95. The molecule has 94 valence electrons. The fourth-order valence-corrected chi connectivity index (χ4v) is 3.67. The largest absolute Gasteiger partial charge is 0.391 e. The predicted molar refractivity (Wildman–Crippen MR) is 67.4 cm³/mol. The van der Waals surface area contributed by atoms with Gasteiger partial charge in [-0.15, -0.1) is 0 Å². The van der Waals surface area contributed by atoms with Crippen LogP contribution in [0.25, 0.3) is 0 Å². The van der Waals surface area contributed by atoms with Gasteiger partial charge in [-0.3, -0.25) is 4.90 Å². The molecule has 1 aliphatic heterocycles. The van der Waals surface area contributed by atoms with Crippen molar-refractivity contribution in [2.75, 3.05) is 6.54 Å². The van der Waals surface area contributed by atoms with Gasteiger partial charge < -0.3 is 5.11 Å². The number of hydrogen-bond donors (Lipinski definition) is 1. The normalized spacial score (nSPS) is 44.8. The van der Waals surface area contributed by atoms with E-state index in [9.17, 15) is 5.11 Å². The van der Waals surface area contributed by atoms with E-state index in [1.54, 1.807) is 0 Å². The number of aliphatic hydroxyl groups is 1. The Morgan fingerprint density at radius 3 is 2.50 bits per heavy atom. The third-order valence-electron chi connectivity index (χ3n) is 4.58. The Hall–Kier alpha value is -0.0800. The zero-order valence-corrected chi connectivity index (χ0v) is 11.2. The van der Waals surface area contributed by atoms with Crippen LogP contribution in [-0.4, -0.2) is 34.7 Å². The summed E-state index contributed by atoms with van der Waals surface area (Å²) in [6.45, 7) is 10.5. The number of aliphatic hydroxyl groups excluding tert-OH is 1. The number of hydrogen-bond acceptors (Lipinski definition) is 2. The molecule has 0 aromatic rings. The summed E-state index contributed by atoms with van der Waals surface area (Å²) in [5.74, 6) is 0.798. The van der Waals surface area contributed by atoms with Crippen LogP contribution in [0.4, 0.5) is 0 Å². The van der Waals surface area contributed by atoms with Crippen molar-refractivity contribution in [3.8, 4) is 0 Å². The second-order valence-corrected chi connectivity index (χ2v) is 6.93. The first-order valence-electron chi connectivity index (χ1n) is 6.83. The molecular weight excluding hydrogens is 198 g/mol. The molecule has 1 saturated heterocycles. The lowest BCUT2D eigenvalue weighted by Gasteiger charge is -2.44. The van der Waals surface area contributed by atoms with Crippen molar-refractivity contribution < 1.29 is 5.11 Å². The highest BCUT2D eigenvalue weighted by atomic mass is 16.3. The van der Waals surface area contributed by atoms with Crippen molar-refractivity contribution in [1.82, 2.24) is 4.90 Å². The van der Waals surface area contributed by atoms with Crippen molar-refractivity contribution >= 4 is 0 Å². The average molecular weight is 225 g/mol. The molecule has 0 spiro atoms. The van der Waals surface area contributed by atoms with Crippen molar-refractivity contribution in [2.45, 2.75) is 71.6 Å². The Bertz CT molecular complexity index is 251. The third-order valence-corrected chi connectivity index (χ3v) is 4.58. The SMILES string of the molecule is CC1CC(C)N(C2CC(C)(C)CCC2O)C1. The molecule has 4 atom stereocenters. The van der Waals surface area contributed by atoms with Gasteiger partial charge in [-0.05, 0) is 43.9 Å². The minimum atomic E-state index is -0.0965. The van der Waals surface area contributed by atoms with E-state index >= 15 is 0 Å². The van der Waals surface area contributed by atoms with Gasteiger partial charge in [0, 0.05) is 18.6 Å². The van der Waals surface area contributed by atoms with E-state index in [2.05, 4.69) is 32.6 Å². The van der Waals surface area contributed by atoms with Crippen LogP contribution in [-0.2, 0) is 0 Å². The van der Waals surface area contributed by atoms with E-state index in [1.165, 1.54) is 19.4 Å². The lowest BCUT2D eigenvalue weighted by Crippen LogP contribution is -2.50. The van der Waals surface area contributed by atoms with Crippen LogP contribution < -0.4 is 0 Å². The van der Waals surface area contributed by atoms with Crippen LogP contribution in [0.5, 0.6) is 0 Å². The molecule has 0 aromatic heterocycles. The molecule has 2 heteroatoms. The van der Waals surface area contributed by atoms with Crippen molar-refractivity contribution in [3.63, 3.8) is 0 Å². The summed E-state index contributed by atoms with van der Waals surface area (Å²) in [5, 5.41) is 10.2. The molecule has 2 aliphatic rings. The molecule has 4 unspecified atom stereocenters. The zero-order chi connectivity index (χ0) is 11.9. The highest BCUT2D eigenvalue weighted by Gasteiger charge is 2.41. The van der Waals surface area contributed by atoms with Crippen LogP contribution >= 0.6 is 0 Å². The summed E-state index contributed by atoms with van der Waals surface area (Å²) < 4.78 is 0. The van der Waals surface area contributed by atoms with Gasteiger partial charge in [-0.25, -0.2) is 0 Å². The summed E-state index contributed by atoms with van der Waals surface area (Å²) >= 11 is 0. The first-order chi connectivity index (χ1) is 7.39. The minimum Gasteiger partial charge on any atom is -0.391 e. The number of rotatable bonds is 1. The van der Waals surface area contributed by atoms with Gasteiger partial charge in [0.2, 0.25) is 0 Å². The molecule has 16 heavy (non-hydrogen) atoms. The molecule has 0 amide bonds. The molecule has 0 bridgehead atoms. The highest BCUT2D eigenvalue weighted by Crippen LogP contribution is 2.40. The Labute approximate surface area is 100 Å². The second kappa shape index (κ2) is 4.30. The number of likely N-dealkylation sites (tertiary alicyclic amines) is 1. The molecule has 2 rings (SSSR count). The molecule has 1 saturated carbocycles. The maximum Gasteiger partial charge on any atom is 0.0695 e. The Morgan fingerprint density at radius 1 is 1.25 bits per heavy atom. The summed E-state index contributed by atoms with van der Waals surface area (Å²) in [7, 11) is 0. The summed E-state index contributed by atoms with van der Waals surface area (Å²) in [4.78, 5) is 2.57. The van der Waals surface area contributed by atoms with Crippen molar-refractivity contribution in [3.05, 3.63) is 0 Å². The van der Waals surface area contributed by atoms with Gasteiger partial charge in [0.15, 0.2) is 0 Å². The fraction of sp³-hybridized carbons (Fsp3) is 1.00.